The second-order valence-electron chi connectivity index (χ2n) is 8.74. The van der Waals surface area contributed by atoms with Crippen LogP contribution in [0.2, 0.25) is 0 Å². The lowest BCUT2D eigenvalue weighted by Gasteiger charge is -2.32. The minimum absolute atomic E-state index is 0.0333. The maximum Gasteiger partial charge on any atom is 0.243 e. The van der Waals surface area contributed by atoms with Crippen LogP contribution in [-0.2, 0) is 16.1 Å². The summed E-state index contributed by atoms with van der Waals surface area (Å²) in [5, 5.41) is 3.23. The van der Waals surface area contributed by atoms with Crippen LogP contribution in [0, 0.1) is 6.92 Å². The fourth-order valence-corrected chi connectivity index (χ4v) is 5.08. The summed E-state index contributed by atoms with van der Waals surface area (Å²) in [6.45, 7) is 4.40. The summed E-state index contributed by atoms with van der Waals surface area (Å²) in [5.41, 5.74) is 2.14. The summed E-state index contributed by atoms with van der Waals surface area (Å²) in [5.74, 6) is 0.962. The molecule has 1 atom stereocenters. The summed E-state index contributed by atoms with van der Waals surface area (Å²) in [6, 6.07) is 15.6. The number of amides is 2. The van der Waals surface area contributed by atoms with Gasteiger partial charge in [-0.25, -0.2) is 0 Å². The highest BCUT2D eigenvalue weighted by Crippen LogP contribution is 2.23. The van der Waals surface area contributed by atoms with Crippen molar-refractivity contribution in [2.24, 2.45) is 0 Å². The standard InChI is InChI=1S/C27H36N2O3S/c1-4-25(27(31)28-22-10-6-5-7-11-22)29(18-21-9-8-12-23(17-21)32-3)26(30)19-33-24-15-13-20(2)14-16-24/h8-9,12-17,22,25H,4-7,10-11,18-19H2,1-3H3,(H,28,31)/t25-/m1/s1. The molecule has 2 aromatic carbocycles. The fraction of sp³-hybridized carbons (Fsp3) is 0.481. The van der Waals surface area contributed by atoms with Crippen molar-refractivity contribution in [1.82, 2.24) is 10.2 Å². The Kier molecular flexibility index (Phi) is 9.67. The fourth-order valence-electron chi connectivity index (χ4n) is 4.29. The van der Waals surface area contributed by atoms with E-state index in [1.54, 1.807) is 12.0 Å². The normalized spacial score (nSPS) is 15.0. The first kappa shape index (κ1) is 25.2. The molecule has 0 unspecified atom stereocenters. The highest BCUT2D eigenvalue weighted by molar-refractivity contribution is 8.00. The molecule has 3 rings (SSSR count). The minimum atomic E-state index is -0.496. The number of methoxy groups -OCH3 is 1. The highest BCUT2D eigenvalue weighted by Gasteiger charge is 2.30. The third-order valence-corrected chi connectivity index (χ3v) is 7.20. The minimum Gasteiger partial charge on any atom is -0.497 e. The van der Waals surface area contributed by atoms with E-state index in [1.165, 1.54) is 23.7 Å². The second kappa shape index (κ2) is 12.7. The molecule has 0 spiro atoms. The van der Waals surface area contributed by atoms with E-state index in [0.29, 0.717) is 18.7 Å². The number of nitrogens with zero attached hydrogens (tertiary/aromatic N) is 1. The number of aryl methyl sites for hydroxylation is 1. The second-order valence-corrected chi connectivity index (χ2v) is 9.79. The van der Waals surface area contributed by atoms with Gasteiger partial charge in [-0.05, 0) is 56.0 Å². The van der Waals surface area contributed by atoms with Gasteiger partial charge in [0.05, 0.1) is 12.9 Å². The van der Waals surface area contributed by atoms with Crippen molar-refractivity contribution in [3.63, 3.8) is 0 Å². The largest absolute Gasteiger partial charge is 0.497 e. The van der Waals surface area contributed by atoms with Crippen LogP contribution in [0.4, 0.5) is 0 Å². The lowest BCUT2D eigenvalue weighted by molar-refractivity contribution is -0.139. The van der Waals surface area contributed by atoms with Crippen molar-refractivity contribution in [2.45, 2.75) is 75.9 Å². The van der Waals surface area contributed by atoms with E-state index in [2.05, 4.69) is 5.32 Å². The molecular weight excluding hydrogens is 432 g/mol. The summed E-state index contributed by atoms with van der Waals surface area (Å²) in [4.78, 5) is 29.5. The maximum absolute atomic E-state index is 13.4. The van der Waals surface area contributed by atoms with Crippen molar-refractivity contribution < 1.29 is 14.3 Å². The van der Waals surface area contributed by atoms with E-state index >= 15 is 0 Å². The van der Waals surface area contributed by atoms with Gasteiger partial charge in [-0.3, -0.25) is 9.59 Å². The Labute approximate surface area is 202 Å². The SMILES string of the molecule is CC[C@H](C(=O)NC1CCCCC1)N(Cc1cccc(OC)c1)C(=O)CSc1ccc(C)cc1. The van der Waals surface area contributed by atoms with Crippen molar-refractivity contribution in [3.05, 3.63) is 59.7 Å². The molecule has 2 aromatic rings. The molecule has 1 N–H and O–H groups in total. The quantitative estimate of drug-likeness (QED) is 0.478. The molecular formula is C27H36N2O3S. The zero-order chi connectivity index (χ0) is 23.6. The molecule has 1 aliphatic carbocycles. The van der Waals surface area contributed by atoms with Gasteiger partial charge in [-0.1, -0.05) is 56.0 Å². The molecule has 1 saturated carbocycles. The van der Waals surface area contributed by atoms with Crippen molar-refractivity contribution in [1.29, 1.82) is 0 Å². The number of hydrogen-bond donors (Lipinski definition) is 1. The number of hydrogen-bond acceptors (Lipinski definition) is 4. The van der Waals surface area contributed by atoms with Crippen molar-refractivity contribution >= 4 is 23.6 Å². The topological polar surface area (TPSA) is 58.6 Å². The molecule has 2 amide bonds. The van der Waals surface area contributed by atoms with E-state index in [1.807, 2.05) is 62.4 Å². The molecule has 0 radical (unpaired) electrons. The predicted molar refractivity (Wildman–Crippen MR) is 135 cm³/mol. The first-order valence-electron chi connectivity index (χ1n) is 11.9. The summed E-state index contributed by atoms with van der Waals surface area (Å²) in [7, 11) is 1.63. The first-order valence-corrected chi connectivity index (χ1v) is 12.9. The molecule has 0 bridgehead atoms. The molecule has 0 aliphatic heterocycles. The summed E-state index contributed by atoms with van der Waals surface area (Å²) in [6.07, 6.45) is 6.16. The van der Waals surface area contributed by atoms with Gasteiger partial charge in [-0.15, -0.1) is 11.8 Å². The zero-order valence-corrected chi connectivity index (χ0v) is 20.8. The van der Waals surface area contributed by atoms with Crippen LogP contribution >= 0.6 is 11.8 Å². The maximum atomic E-state index is 13.4. The number of thioether (sulfide) groups is 1. The van der Waals surface area contributed by atoms with Crippen LogP contribution < -0.4 is 10.1 Å². The number of ether oxygens (including phenoxy) is 1. The van der Waals surface area contributed by atoms with Gasteiger partial charge in [0.25, 0.3) is 0 Å². The van der Waals surface area contributed by atoms with Crippen molar-refractivity contribution in [2.75, 3.05) is 12.9 Å². The molecule has 5 nitrogen and oxygen atoms in total. The van der Waals surface area contributed by atoms with Gasteiger partial charge in [0.1, 0.15) is 11.8 Å². The molecule has 33 heavy (non-hydrogen) atoms. The molecule has 0 heterocycles. The summed E-state index contributed by atoms with van der Waals surface area (Å²) >= 11 is 1.51. The molecule has 178 valence electrons. The molecule has 6 heteroatoms. The predicted octanol–water partition coefficient (Wildman–Crippen LogP) is 5.35. The Morgan fingerprint density at radius 1 is 1.12 bits per heavy atom. The van der Waals surface area contributed by atoms with Crippen molar-refractivity contribution in [3.8, 4) is 5.75 Å². The van der Waals surface area contributed by atoms with E-state index in [9.17, 15) is 9.59 Å². The van der Waals surface area contributed by atoms with E-state index < -0.39 is 6.04 Å². The van der Waals surface area contributed by atoms with Gasteiger partial charge >= 0.3 is 0 Å². The Balaban J connectivity index is 1.76. The van der Waals surface area contributed by atoms with Gasteiger partial charge < -0.3 is 15.0 Å². The van der Waals surface area contributed by atoms with Crippen LogP contribution in [0.3, 0.4) is 0 Å². The Bertz CT molecular complexity index is 910. The summed E-state index contributed by atoms with van der Waals surface area (Å²) < 4.78 is 5.36. The smallest absolute Gasteiger partial charge is 0.243 e. The number of carbonyl (C=O) groups excluding carboxylic acids is 2. The van der Waals surface area contributed by atoms with Crippen LogP contribution in [0.1, 0.15) is 56.6 Å². The number of benzene rings is 2. The van der Waals surface area contributed by atoms with Gasteiger partial charge in [0.15, 0.2) is 0 Å². The van der Waals surface area contributed by atoms with Crippen LogP contribution in [0.25, 0.3) is 0 Å². The van der Waals surface area contributed by atoms with Gasteiger partial charge in [0.2, 0.25) is 11.8 Å². The lowest BCUT2D eigenvalue weighted by Crippen LogP contribution is -2.52. The average Bonchev–Trinajstić information content (AvgIpc) is 2.84. The highest BCUT2D eigenvalue weighted by atomic mass is 32.2. The molecule has 1 fully saturated rings. The molecule has 1 aliphatic rings. The molecule has 0 saturated heterocycles. The van der Waals surface area contributed by atoms with Crippen LogP contribution in [0.15, 0.2) is 53.4 Å². The monoisotopic (exact) mass is 468 g/mol. The van der Waals surface area contributed by atoms with E-state index in [4.69, 9.17) is 4.74 Å². The lowest BCUT2D eigenvalue weighted by atomic mass is 9.95. The number of rotatable bonds is 10. The Morgan fingerprint density at radius 3 is 2.52 bits per heavy atom. The molecule has 0 aromatic heterocycles. The average molecular weight is 469 g/mol. The third kappa shape index (κ3) is 7.53. The van der Waals surface area contributed by atoms with E-state index in [-0.39, 0.29) is 17.9 Å². The zero-order valence-electron chi connectivity index (χ0n) is 20.0. The Morgan fingerprint density at radius 2 is 1.85 bits per heavy atom. The first-order chi connectivity index (χ1) is 16.0. The van der Waals surface area contributed by atoms with Crippen LogP contribution in [-0.4, -0.2) is 41.7 Å². The number of nitrogens with one attached hydrogen (secondary N) is 1. The van der Waals surface area contributed by atoms with Gasteiger partial charge in [-0.2, -0.15) is 0 Å². The number of carbonyl (C=O) groups is 2. The third-order valence-electron chi connectivity index (χ3n) is 6.21. The van der Waals surface area contributed by atoms with Gasteiger partial charge in [0, 0.05) is 17.5 Å². The van der Waals surface area contributed by atoms with Crippen LogP contribution in [0.5, 0.6) is 5.75 Å². The Hall–Kier alpha value is -2.47. The van der Waals surface area contributed by atoms with E-state index in [0.717, 1.165) is 41.9 Å².